The minimum absolute atomic E-state index is 0.0382. The summed E-state index contributed by atoms with van der Waals surface area (Å²) < 4.78 is 38.5. The first-order valence-corrected chi connectivity index (χ1v) is 19.6. The molecule has 2 aromatic rings. The monoisotopic (exact) mass is 746 g/mol. The van der Waals surface area contributed by atoms with Crippen molar-refractivity contribution >= 4 is 56.9 Å². The molecule has 3 aliphatic rings. The quantitative estimate of drug-likeness (QED) is 0.105. The topological polar surface area (TPSA) is 208 Å². The molecule has 2 heterocycles. The van der Waals surface area contributed by atoms with Crippen LogP contribution in [-0.4, -0.2) is 79.1 Å². The number of oxime groups is 1. The van der Waals surface area contributed by atoms with Crippen molar-refractivity contribution in [3.63, 3.8) is 0 Å². The molecule has 0 bridgehead atoms. The van der Waals surface area contributed by atoms with Crippen LogP contribution in [-0.2, 0) is 19.8 Å². The number of hydrogen-bond donors (Lipinski definition) is 4. The Balaban J connectivity index is 0.000000238. The van der Waals surface area contributed by atoms with E-state index in [4.69, 9.17) is 14.3 Å². The van der Waals surface area contributed by atoms with Crippen LogP contribution in [0.1, 0.15) is 75.6 Å². The lowest BCUT2D eigenvalue weighted by molar-refractivity contribution is -0.117. The maximum Gasteiger partial charge on any atom is 0.336 e. The van der Waals surface area contributed by atoms with Gasteiger partial charge in [-0.3, -0.25) is 19.6 Å². The fraction of sp³-hybridized carbons (Fsp3) is 0.529. The molecule has 1 saturated carbocycles. The summed E-state index contributed by atoms with van der Waals surface area (Å²) in [6, 6.07) is 6.48. The van der Waals surface area contributed by atoms with Gasteiger partial charge in [0.2, 0.25) is 17.7 Å². The number of anilines is 2. The average Bonchev–Trinajstić information content (AvgIpc) is 3.96. The van der Waals surface area contributed by atoms with Crippen molar-refractivity contribution in [1.29, 1.82) is 0 Å². The van der Waals surface area contributed by atoms with Crippen molar-refractivity contribution in [2.75, 3.05) is 42.4 Å². The molecule has 1 aliphatic heterocycles. The van der Waals surface area contributed by atoms with Gasteiger partial charge in [0.25, 0.3) is 0 Å². The largest absolute Gasteiger partial charge is 0.511 e. The second kappa shape index (κ2) is 18.7. The molecule has 2 atom stereocenters. The van der Waals surface area contributed by atoms with E-state index in [0.29, 0.717) is 49.0 Å². The van der Waals surface area contributed by atoms with Gasteiger partial charge in [-0.1, -0.05) is 30.6 Å². The number of rotatable bonds is 14. The highest BCUT2D eigenvalue weighted by atomic mass is 32.2. The predicted molar refractivity (Wildman–Crippen MR) is 195 cm³/mol. The van der Waals surface area contributed by atoms with Crippen molar-refractivity contribution in [1.82, 2.24) is 14.7 Å². The molecular weight excluding hydrogens is 701 g/mol. The highest BCUT2D eigenvalue weighted by Crippen LogP contribution is 2.38. The lowest BCUT2D eigenvalue weighted by Crippen LogP contribution is -2.38. The minimum Gasteiger partial charge on any atom is -0.511 e. The Morgan fingerprint density at radius 1 is 1.04 bits per heavy atom. The van der Waals surface area contributed by atoms with Gasteiger partial charge in [-0.15, -0.1) is 0 Å². The summed E-state index contributed by atoms with van der Waals surface area (Å²) in [4.78, 5) is 49.9. The molecule has 2 amide bonds. The van der Waals surface area contributed by atoms with E-state index in [-0.39, 0.29) is 52.2 Å². The van der Waals surface area contributed by atoms with E-state index < -0.39 is 16.2 Å². The average molecular weight is 747 g/mol. The number of para-hydroxylation sites is 1. The molecule has 15 nitrogen and oxygen atoms in total. The lowest BCUT2D eigenvalue weighted by Gasteiger charge is -2.32. The number of amides is 2. The lowest BCUT2D eigenvalue weighted by atomic mass is 9.76. The number of nitrogens with one attached hydrogen (secondary N) is 3. The number of aromatic nitrogens is 2. The molecule has 0 radical (unpaired) electrons. The van der Waals surface area contributed by atoms with Gasteiger partial charge in [-0.2, -0.15) is 30.1 Å². The van der Waals surface area contributed by atoms with E-state index in [1.54, 1.807) is 16.9 Å². The molecule has 278 valence electrons. The summed E-state index contributed by atoms with van der Waals surface area (Å²) in [6.07, 6.45) is 6.66. The van der Waals surface area contributed by atoms with Crippen LogP contribution < -0.4 is 24.2 Å². The molecule has 0 spiro atoms. The third-order valence-electron chi connectivity index (χ3n) is 8.35. The Kier molecular flexibility index (Phi) is 14.5. The summed E-state index contributed by atoms with van der Waals surface area (Å²) in [5.74, 6) is 3.24. The number of aliphatic hydroxyl groups excluding tert-OH is 1. The Morgan fingerprint density at radius 2 is 1.75 bits per heavy atom. The number of allylic oxidation sites excluding steroid dienone is 2. The smallest absolute Gasteiger partial charge is 0.336 e. The van der Waals surface area contributed by atoms with Gasteiger partial charge in [0.1, 0.15) is 12.4 Å². The Hall–Kier alpha value is -4.38. The number of methoxy groups -OCH3 is 2. The standard InChI is InChI=1S/C17H19N5O6S.C17H27NO3S/c1-27-13-9-14(28-2)19-16(18-13)20-17(24)22-29(25,26)21-12-6-4-3-5-11(12)15(23)10-7-8-10;1-3-6-14(18-21-4-2)17-15(19)9-13(10-16(17)20)12-7-5-8-22-11-12/h3-6,9-10,21H,7-8H2,1-2H3,(H2,18,19,20,22,24);12-13,19H,3-11H2,1-2H3/b;18-14+. The number of nitrogens with zero attached hydrogens (tertiary/aromatic N) is 3. The van der Waals surface area contributed by atoms with E-state index >= 15 is 0 Å². The van der Waals surface area contributed by atoms with Crippen molar-refractivity contribution in [3.05, 3.63) is 47.2 Å². The first kappa shape index (κ1) is 39.4. The van der Waals surface area contributed by atoms with Gasteiger partial charge >= 0.3 is 16.2 Å². The zero-order valence-electron chi connectivity index (χ0n) is 29.3. The Bertz CT molecular complexity index is 1700. The molecule has 1 aromatic carbocycles. The number of ether oxygens (including phenoxy) is 2. The number of hydrogen-bond acceptors (Lipinski definition) is 13. The van der Waals surface area contributed by atoms with Crippen LogP contribution in [0.2, 0.25) is 0 Å². The van der Waals surface area contributed by atoms with Gasteiger partial charge < -0.3 is 19.4 Å². The number of carbonyl (C=O) groups excluding carboxylic acids is 3. The van der Waals surface area contributed by atoms with Crippen molar-refractivity contribution in [3.8, 4) is 11.8 Å². The maximum absolute atomic E-state index is 12.6. The Morgan fingerprint density at radius 3 is 2.33 bits per heavy atom. The van der Waals surface area contributed by atoms with Crippen LogP contribution in [0.25, 0.3) is 0 Å². The number of carbonyl (C=O) groups is 3. The number of urea groups is 1. The van der Waals surface area contributed by atoms with Gasteiger partial charge in [0.15, 0.2) is 11.6 Å². The summed E-state index contributed by atoms with van der Waals surface area (Å²) >= 11 is 1.97. The first-order chi connectivity index (χ1) is 24.5. The van der Waals surface area contributed by atoms with Crippen molar-refractivity contribution < 1.29 is 42.2 Å². The Labute approximate surface area is 302 Å². The van der Waals surface area contributed by atoms with E-state index in [2.05, 4.69) is 25.2 Å². The van der Waals surface area contributed by atoms with E-state index in [0.717, 1.165) is 25.0 Å². The SMILES string of the molecule is CCC/C(=N\OCC)C1=C(O)CC(C2CCCSC2)CC1=O.COc1cc(OC)nc(NC(=O)NS(=O)(=O)Nc2ccccc2C(=O)C2CC2)n1. The summed E-state index contributed by atoms with van der Waals surface area (Å²) in [5.41, 5.74) is 1.38. The molecule has 1 aromatic heterocycles. The fourth-order valence-electron chi connectivity index (χ4n) is 5.76. The summed E-state index contributed by atoms with van der Waals surface area (Å²) in [6.45, 7) is 4.37. The van der Waals surface area contributed by atoms with Crippen LogP contribution in [0.15, 0.2) is 46.8 Å². The van der Waals surface area contributed by atoms with Crippen LogP contribution in [0, 0.1) is 17.8 Å². The van der Waals surface area contributed by atoms with E-state index in [1.807, 2.05) is 25.6 Å². The minimum atomic E-state index is -4.33. The van der Waals surface area contributed by atoms with Crippen LogP contribution in [0.3, 0.4) is 0 Å². The fourth-order valence-corrected chi connectivity index (χ4v) is 7.85. The van der Waals surface area contributed by atoms with Gasteiger partial charge in [0.05, 0.1) is 37.3 Å². The number of Topliss-reactive ketones (excluding diaryl/α,β-unsaturated/α-hetero) is 2. The van der Waals surface area contributed by atoms with Crippen LogP contribution >= 0.6 is 11.8 Å². The molecule has 5 rings (SSSR count). The molecule has 51 heavy (non-hydrogen) atoms. The number of benzene rings is 1. The number of thioether (sulfide) groups is 1. The normalized spacial score (nSPS) is 19.3. The summed E-state index contributed by atoms with van der Waals surface area (Å²) in [7, 11) is -1.61. The summed E-state index contributed by atoms with van der Waals surface area (Å²) in [5, 5.41) is 16.7. The maximum atomic E-state index is 12.6. The first-order valence-electron chi connectivity index (χ1n) is 16.9. The molecule has 2 aliphatic carbocycles. The highest BCUT2D eigenvalue weighted by Gasteiger charge is 2.35. The van der Waals surface area contributed by atoms with Crippen LogP contribution in [0.5, 0.6) is 11.8 Å². The third kappa shape index (κ3) is 11.6. The second-order valence-corrected chi connectivity index (χ2v) is 14.8. The van der Waals surface area contributed by atoms with Gasteiger partial charge in [-0.05, 0) is 74.5 Å². The third-order valence-corrected chi connectivity index (χ3v) is 10.5. The number of ketones is 2. The molecule has 2 fully saturated rings. The second-order valence-electron chi connectivity index (χ2n) is 12.2. The zero-order valence-corrected chi connectivity index (χ0v) is 30.9. The predicted octanol–water partition coefficient (Wildman–Crippen LogP) is 5.68. The molecular formula is C34H46N6O9S2. The molecule has 2 unspecified atom stereocenters. The van der Waals surface area contributed by atoms with Crippen LogP contribution in [0.4, 0.5) is 16.4 Å². The molecule has 17 heteroatoms. The van der Waals surface area contributed by atoms with E-state index in [1.165, 1.54) is 51.0 Å². The molecule has 4 N–H and O–H groups in total. The van der Waals surface area contributed by atoms with E-state index in [9.17, 15) is 27.9 Å². The highest BCUT2D eigenvalue weighted by molar-refractivity contribution is 7.99. The van der Waals surface area contributed by atoms with Crippen molar-refractivity contribution in [2.24, 2.45) is 22.9 Å². The van der Waals surface area contributed by atoms with Gasteiger partial charge in [-0.25, -0.2) is 9.52 Å². The zero-order chi connectivity index (χ0) is 37.0. The number of aliphatic hydroxyl groups is 1. The van der Waals surface area contributed by atoms with Crippen molar-refractivity contribution in [2.45, 2.75) is 65.2 Å². The molecule has 1 saturated heterocycles. The van der Waals surface area contributed by atoms with Gasteiger partial charge in [0, 0.05) is 24.3 Å².